The highest BCUT2D eigenvalue weighted by molar-refractivity contribution is 9.09. The van der Waals surface area contributed by atoms with Crippen LogP contribution in [0.15, 0.2) is 95.1 Å². The molecule has 16 nitrogen and oxygen atoms in total. The Morgan fingerprint density at radius 2 is 1.17 bits per heavy atom. The molecule has 2 aliphatic rings. The molecule has 21 heteroatoms. The van der Waals surface area contributed by atoms with E-state index >= 15 is 0 Å². The molecule has 2 aromatic heterocycles. The van der Waals surface area contributed by atoms with Crippen molar-refractivity contribution in [2.45, 2.75) is 77.1 Å². The molecule has 0 aliphatic carbocycles. The van der Waals surface area contributed by atoms with Crippen LogP contribution in [0, 0.1) is 11.6 Å². The first-order chi connectivity index (χ1) is 33.5. The van der Waals surface area contributed by atoms with E-state index in [0.29, 0.717) is 23.8 Å². The second-order valence-electron chi connectivity index (χ2n) is 18.3. The van der Waals surface area contributed by atoms with Crippen molar-refractivity contribution in [2.75, 3.05) is 25.0 Å². The van der Waals surface area contributed by atoms with Gasteiger partial charge in [0.2, 0.25) is 0 Å². The topological polar surface area (TPSA) is 186 Å². The first-order valence-corrected chi connectivity index (χ1v) is 25.4. The Bertz CT molecular complexity index is 3000. The average Bonchev–Trinajstić information content (AvgIpc) is 3.80. The van der Waals surface area contributed by atoms with E-state index in [4.69, 9.17) is 14.5 Å². The summed E-state index contributed by atoms with van der Waals surface area (Å²) in [6, 6.07) is 24.5. The van der Waals surface area contributed by atoms with E-state index in [1.807, 2.05) is 106 Å². The number of carbonyl (C=O) groups excluding carboxylic acids is 4. The van der Waals surface area contributed by atoms with Crippen LogP contribution in [0.4, 0.5) is 28.0 Å². The molecule has 0 radical (unpaired) electrons. The Labute approximate surface area is 427 Å². The minimum Gasteiger partial charge on any atom is -0.444 e. The van der Waals surface area contributed by atoms with Gasteiger partial charge in [0, 0.05) is 54.8 Å². The number of aromatic nitrogens is 4. The maximum Gasteiger partial charge on any atom is 0.407 e. The summed E-state index contributed by atoms with van der Waals surface area (Å²) in [6.07, 6.45) is -0.904. The first kappa shape index (κ1) is 54.0. The summed E-state index contributed by atoms with van der Waals surface area (Å²) in [7, 11) is 3.80. The molecule has 8 rings (SSSR count). The number of carbonyl (C=O) groups is 4. The Morgan fingerprint density at radius 1 is 0.690 bits per heavy atom. The smallest absolute Gasteiger partial charge is 0.407 e. The summed E-state index contributed by atoms with van der Waals surface area (Å²) in [5, 5.41) is 15.6. The van der Waals surface area contributed by atoms with Crippen molar-refractivity contribution in [2.24, 2.45) is 24.3 Å². The van der Waals surface area contributed by atoms with Gasteiger partial charge in [0.15, 0.2) is 0 Å². The Kier molecular flexibility index (Phi) is 17.7. The van der Waals surface area contributed by atoms with Gasteiger partial charge in [-0.25, -0.2) is 38.8 Å². The lowest BCUT2D eigenvalue weighted by Gasteiger charge is -2.27. The third-order valence-electron chi connectivity index (χ3n) is 10.3. The molecule has 0 spiro atoms. The molecule has 2 atom stereocenters. The molecule has 0 saturated carbocycles. The Hall–Kier alpha value is -6.32. The third-order valence-corrected chi connectivity index (χ3v) is 12.6. The maximum atomic E-state index is 13.7. The van der Waals surface area contributed by atoms with E-state index in [1.165, 1.54) is 52.8 Å². The van der Waals surface area contributed by atoms with Gasteiger partial charge in [-0.3, -0.25) is 9.59 Å². The number of imidazole rings is 2. The van der Waals surface area contributed by atoms with Crippen LogP contribution in [-0.2, 0) is 23.6 Å². The molecule has 71 heavy (non-hydrogen) atoms. The zero-order valence-electron chi connectivity index (χ0n) is 41.1. The molecule has 3 N–H and O–H groups in total. The molecule has 6 aromatic rings. The highest BCUT2D eigenvalue weighted by atomic mass is 79.9. The number of aryl methyl sites for hydroxylation is 2. The molecule has 0 fully saturated rings. The van der Waals surface area contributed by atoms with Gasteiger partial charge in [-0.1, -0.05) is 75.9 Å². The van der Waals surface area contributed by atoms with Gasteiger partial charge in [-0.15, -0.1) is 0 Å². The van der Waals surface area contributed by atoms with E-state index in [2.05, 4.69) is 47.2 Å². The molecule has 4 heterocycles. The number of alkyl halides is 1. The van der Waals surface area contributed by atoms with Crippen molar-refractivity contribution in [3.8, 4) is 22.8 Å². The van der Waals surface area contributed by atoms with E-state index in [-0.39, 0.29) is 51.8 Å². The summed E-state index contributed by atoms with van der Waals surface area (Å²) in [4.78, 5) is 56.1. The minimum absolute atomic E-state index is 0.0300. The van der Waals surface area contributed by atoms with Gasteiger partial charge in [0.1, 0.15) is 34.5 Å². The highest BCUT2D eigenvalue weighted by Gasteiger charge is 2.29. The molecule has 0 bridgehead atoms. The van der Waals surface area contributed by atoms with Crippen molar-refractivity contribution >= 4 is 95.6 Å². The molecule has 0 saturated heterocycles. The number of rotatable bonds is 9. The van der Waals surface area contributed by atoms with Crippen LogP contribution in [0.1, 0.15) is 66.5 Å². The van der Waals surface area contributed by atoms with Gasteiger partial charge >= 0.3 is 17.4 Å². The van der Waals surface area contributed by atoms with Crippen molar-refractivity contribution in [3.05, 3.63) is 108 Å². The van der Waals surface area contributed by atoms with E-state index in [0.717, 1.165) is 55.5 Å². The van der Waals surface area contributed by atoms with Gasteiger partial charge in [0.25, 0.3) is 5.24 Å². The maximum absolute atomic E-state index is 13.7. The number of fused-ring (bicyclic) bond motifs is 2. The van der Waals surface area contributed by atoms with Crippen LogP contribution in [-0.4, -0.2) is 105 Å². The van der Waals surface area contributed by atoms with Crippen molar-refractivity contribution < 1.29 is 37.4 Å². The Morgan fingerprint density at radius 3 is 1.63 bits per heavy atom. The fourth-order valence-corrected chi connectivity index (χ4v) is 8.99. The van der Waals surface area contributed by atoms with Gasteiger partial charge < -0.3 is 29.2 Å². The summed E-state index contributed by atoms with van der Waals surface area (Å²) in [5.74, 6) is 0.759. The number of hydrazone groups is 2. The second kappa shape index (κ2) is 23.3. The lowest BCUT2D eigenvalue weighted by molar-refractivity contribution is 0.0516. The lowest BCUT2D eigenvalue weighted by atomic mass is 10.1. The summed E-state index contributed by atoms with van der Waals surface area (Å²) >= 11 is 5.57. The van der Waals surface area contributed by atoms with E-state index < -0.39 is 17.3 Å². The number of ether oxygens (including phenoxy) is 2. The van der Waals surface area contributed by atoms with Crippen molar-refractivity contribution in [1.82, 2.24) is 40.2 Å². The number of alkyl carbamates (subject to hydrolysis) is 2. The summed E-state index contributed by atoms with van der Waals surface area (Å²) < 4.78 is 41.3. The first-order valence-electron chi connectivity index (χ1n) is 22.6. The number of nitrogens with zero attached hydrogens (tertiary/aromatic N) is 7. The number of amides is 4. The number of hydrogen-bond donors (Lipinski definition) is 3. The normalized spacial score (nSPS) is 15.9. The van der Waals surface area contributed by atoms with Crippen LogP contribution in [0.25, 0.3) is 44.8 Å². The third kappa shape index (κ3) is 14.6. The zero-order valence-corrected chi connectivity index (χ0v) is 44.3. The monoisotopic (exact) mass is 1070 g/mol. The average molecular weight is 1080 g/mol. The van der Waals surface area contributed by atoms with E-state index in [1.54, 1.807) is 32.9 Å². The molecular weight excluding hydrogens is 1020 g/mol. The number of hydrogen-bond acceptors (Lipinski definition) is 12. The molecule has 376 valence electrons. The summed E-state index contributed by atoms with van der Waals surface area (Å²) in [6.45, 7) is 15.8. The fourth-order valence-electron chi connectivity index (χ4n) is 7.22. The number of nitrogens with one attached hydrogen (secondary N) is 3. The van der Waals surface area contributed by atoms with Crippen molar-refractivity contribution in [1.29, 1.82) is 0 Å². The van der Waals surface area contributed by atoms with Crippen LogP contribution < -0.4 is 16.1 Å². The largest absolute Gasteiger partial charge is 0.444 e. The minimum atomic E-state index is -0.597. The fraction of sp³-hybridized carbons (Fsp3) is 0.360. The van der Waals surface area contributed by atoms with Gasteiger partial charge in [-0.05, 0) is 104 Å². The molecule has 2 aliphatic heterocycles. The standard InChI is InChI=1S/C25H28FN5O3S.C18H15FN4OS.C7H14BrNO2/c1-15-21(29-31(24(33)35-15)12-11-27-23(32)34-25(2,3)4)16-9-10-20-19(14-16)28-22(30(20)5)17-7-6-8-18(26)13-17;1-10-16(21-22-18(24)25-10)11-6-7-15-14(9-11)20-17(23(15)2)12-4-3-5-13(19)8-12;1-7(2,3)11-6(10)9-5-4-8/h6-10,13-15H,11-12H2,1-5H3,(H,27,32);3-10H,1-2H3,(H,22,24);4-5H2,1-3H3,(H,9,10). The number of halogens is 3. The van der Waals surface area contributed by atoms with E-state index in [9.17, 15) is 28.0 Å². The second-order valence-corrected chi connectivity index (χ2v) is 21.7. The predicted octanol–water partition coefficient (Wildman–Crippen LogP) is 11.0. The molecule has 2 unspecified atom stereocenters. The SMILES string of the molecule is CC(C)(C)OC(=O)NCCBr.CC1SC(=O)N(CCNC(=O)OC(C)(C)C)N=C1c1ccc2c(c1)nc(-c1cccc(F)c1)n2C.CC1SC(=O)NN=C1c1ccc2c(c1)nc(-c1cccc(F)c1)n2C. The zero-order chi connectivity index (χ0) is 51.8. The number of benzene rings is 4. The predicted molar refractivity (Wildman–Crippen MR) is 282 cm³/mol. The Balaban J connectivity index is 0.000000199. The highest BCUT2D eigenvalue weighted by Crippen LogP contribution is 2.31. The van der Waals surface area contributed by atoms with Crippen LogP contribution >= 0.6 is 39.5 Å². The van der Waals surface area contributed by atoms with Crippen LogP contribution in [0.2, 0.25) is 0 Å². The molecule has 4 amide bonds. The van der Waals surface area contributed by atoms with Gasteiger partial charge in [0.05, 0.1) is 50.5 Å². The quantitative estimate of drug-likeness (QED) is 0.118. The van der Waals surface area contributed by atoms with Crippen LogP contribution in [0.5, 0.6) is 0 Å². The van der Waals surface area contributed by atoms with Crippen molar-refractivity contribution in [3.63, 3.8) is 0 Å². The lowest BCUT2D eigenvalue weighted by Crippen LogP contribution is -2.40. The van der Waals surface area contributed by atoms with Gasteiger partial charge in [-0.2, -0.15) is 10.2 Å². The molecular formula is C50H57BrF2N10O6S2. The summed E-state index contributed by atoms with van der Waals surface area (Å²) in [5.41, 5.74) is 9.63. The van der Waals surface area contributed by atoms with Crippen LogP contribution in [0.3, 0.4) is 0 Å². The molecule has 4 aromatic carbocycles. The number of thioether (sulfide) groups is 2.